The van der Waals surface area contributed by atoms with Gasteiger partial charge in [0.25, 0.3) is 0 Å². The molecule has 0 aromatic carbocycles. The molecule has 0 amide bonds. The van der Waals surface area contributed by atoms with Crippen molar-refractivity contribution < 1.29 is 35.2 Å². The molecule has 11 heteroatoms. The minimum absolute atomic E-state index is 0.0921. The number of hydrogen-bond acceptors (Lipinski definition) is 4. The van der Waals surface area contributed by atoms with Crippen LogP contribution in [0.15, 0.2) is 21.7 Å². The summed E-state index contributed by atoms with van der Waals surface area (Å²) in [5.74, 6) is -5.98. The SMILES string of the molecule is CCN(CC)c1ccc(/C=N/NC(F)(F)C(F)(F)C(F)(F)F)o1. The molecule has 1 rings (SSSR count). The predicted octanol–water partition coefficient (Wildman–Crippen LogP) is 3.84. The van der Waals surface area contributed by atoms with Crippen molar-refractivity contribution in [3.8, 4) is 0 Å². The smallest absolute Gasteiger partial charge is 0.440 e. The van der Waals surface area contributed by atoms with E-state index in [1.54, 1.807) is 4.90 Å². The summed E-state index contributed by atoms with van der Waals surface area (Å²) in [6.07, 6.45) is -5.84. The van der Waals surface area contributed by atoms with Gasteiger partial charge in [0.2, 0.25) is 0 Å². The van der Waals surface area contributed by atoms with E-state index in [1.807, 2.05) is 13.8 Å². The molecule has 0 saturated carbocycles. The molecule has 0 aliphatic carbocycles. The van der Waals surface area contributed by atoms with Gasteiger partial charge in [0.05, 0.1) is 6.21 Å². The van der Waals surface area contributed by atoms with Crippen LogP contribution in [-0.2, 0) is 0 Å². The molecular weight excluding hydrogens is 335 g/mol. The zero-order chi connectivity index (χ0) is 17.9. The fourth-order valence-electron chi connectivity index (χ4n) is 1.54. The van der Waals surface area contributed by atoms with Crippen LogP contribution in [0, 0.1) is 0 Å². The second-order valence-electron chi connectivity index (χ2n) is 4.36. The van der Waals surface area contributed by atoms with E-state index in [0.29, 0.717) is 30.6 Å². The van der Waals surface area contributed by atoms with Gasteiger partial charge < -0.3 is 9.32 Å². The van der Waals surface area contributed by atoms with E-state index in [9.17, 15) is 30.7 Å². The van der Waals surface area contributed by atoms with Gasteiger partial charge >= 0.3 is 18.1 Å². The maximum absolute atomic E-state index is 12.9. The number of hydrogen-bond donors (Lipinski definition) is 1. The van der Waals surface area contributed by atoms with Gasteiger partial charge in [-0.3, -0.25) is 0 Å². The fraction of sp³-hybridized carbons (Fsp3) is 0.583. The Hall–Kier alpha value is -1.94. The number of halogens is 7. The Kier molecular flexibility index (Phi) is 5.54. The summed E-state index contributed by atoms with van der Waals surface area (Å²) in [6.45, 7) is 4.85. The molecule has 0 spiro atoms. The number of nitrogens with one attached hydrogen (secondary N) is 1. The molecule has 0 atom stereocenters. The van der Waals surface area contributed by atoms with Crippen molar-refractivity contribution in [3.05, 3.63) is 17.9 Å². The standard InChI is InChI=1S/C12H14F7N3O/c1-3-22(4-2)9-6-5-8(23-9)7-20-21-12(18,19)10(13,14)11(15,16)17/h5-7,21H,3-4H2,1-2H3/b20-7+. The first kappa shape index (κ1) is 19.1. The fourth-order valence-corrected chi connectivity index (χ4v) is 1.54. The van der Waals surface area contributed by atoms with E-state index in [-0.39, 0.29) is 5.76 Å². The Balaban J connectivity index is 2.80. The molecule has 0 bridgehead atoms. The van der Waals surface area contributed by atoms with Crippen LogP contribution in [0.3, 0.4) is 0 Å². The highest BCUT2D eigenvalue weighted by atomic mass is 19.4. The average Bonchev–Trinajstić information content (AvgIpc) is 2.87. The molecular formula is C12H14F7N3O. The topological polar surface area (TPSA) is 40.8 Å². The first-order valence-corrected chi connectivity index (χ1v) is 6.43. The number of rotatable bonds is 7. The maximum atomic E-state index is 12.9. The lowest BCUT2D eigenvalue weighted by molar-refractivity contribution is -0.361. The van der Waals surface area contributed by atoms with Crippen LogP contribution in [-0.4, -0.2) is 37.4 Å². The van der Waals surface area contributed by atoms with Crippen molar-refractivity contribution in [1.29, 1.82) is 0 Å². The van der Waals surface area contributed by atoms with Gasteiger partial charge in [-0.05, 0) is 19.9 Å². The largest absolute Gasteiger partial charge is 0.462 e. The normalized spacial score (nSPS) is 13.6. The van der Waals surface area contributed by atoms with Gasteiger partial charge in [0, 0.05) is 19.2 Å². The summed E-state index contributed by atoms with van der Waals surface area (Å²) in [4.78, 5) is 1.76. The third-order valence-corrected chi connectivity index (χ3v) is 2.83. The summed E-state index contributed by atoms with van der Waals surface area (Å²) < 4.78 is 91.9. The van der Waals surface area contributed by atoms with Crippen molar-refractivity contribution in [1.82, 2.24) is 5.43 Å². The zero-order valence-corrected chi connectivity index (χ0v) is 12.1. The monoisotopic (exact) mass is 349 g/mol. The summed E-state index contributed by atoms with van der Waals surface area (Å²) in [6, 6.07) is -2.81. The molecule has 0 fully saturated rings. The van der Waals surface area contributed by atoms with Gasteiger partial charge in [-0.15, -0.1) is 0 Å². The van der Waals surface area contributed by atoms with E-state index < -0.39 is 18.1 Å². The van der Waals surface area contributed by atoms with E-state index >= 15 is 0 Å². The predicted molar refractivity (Wildman–Crippen MR) is 68.9 cm³/mol. The highest BCUT2D eigenvalue weighted by Crippen LogP contribution is 2.44. The van der Waals surface area contributed by atoms with E-state index in [2.05, 4.69) is 5.10 Å². The average molecular weight is 349 g/mol. The third kappa shape index (κ3) is 4.08. The molecule has 0 aliphatic rings. The van der Waals surface area contributed by atoms with E-state index in [4.69, 9.17) is 4.42 Å². The van der Waals surface area contributed by atoms with E-state index in [0.717, 1.165) is 0 Å². The van der Waals surface area contributed by atoms with Crippen molar-refractivity contribution in [3.63, 3.8) is 0 Å². The first-order valence-electron chi connectivity index (χ1n) is 6.43. The molecule has 1 heterocycles. The van der Waals surface area contributed by atoms with Crippen LogP contribution in [0.5, 0.6) is 0 Å². The van der Waals surface area contributed by atoms with Crippen molar-refractivity contribution in [2.75, 3.05) is 18.0 Å². The molecule has 132 valence electrons. The molecule has 0 unspecified atom stereocenters. The number of nitrogens with zero attached hydrogens (tertiary/aromatic N) is 2. The molecule has 0 radical (unpaired) electrons. The third-order valence-electron chi connectivity index (χ3n) is 2.83. The Bertz CT molecular complexity index is 535. The highest BCUT2D eigenvalue weighted by Gasteiger charge is 2.73. The van der Waals surface area contributed by atoms with Crippen LogP contribution >= 0.6 is 0 Å². The summed E-state index contributed by atoms with van der Waals surface area (Å²) in [5, 5.41) is 2.70. The Morgan fingerprint density at radius 2 is 1.65 bits per heavy atom. The second-order valence-corrected chi connectivity index (χ2v) is 4.36. The number of hydrazone groups is 1. The molecule has 4 nitrogen and oxygen atoms in total. The number of anilines is 1. The molecule has 1 aromatic rings. The Morgan fingerprint density at radius 1 is 1.09 bits per heavy atom. The van der Waals surface area contributed by atoms with Crippen LogP contribution in [0.2, 0.25) is 0 Å². The molecule has 0 saturated heterocycles. The minimum Gasteiger partial charge on any atom is -0.440 e. The Morgan fingerprint density at radius 3 is 2.13 bits per heavy atom. The van der Waals surface area contributed by atoms with Crippen LogP contribution in [0.1, 0.15) is 19.6 Å². The molecule has 1 aromatic heterocycles. The number of furan rings is 1. The summed E-state index contributed by atoms with van der Waals surface area (Å²) in [7, 11) is 0. The van der Waals surface area contributed by atoms with Crippen LogP contribution in [0.25, 0.3) is 0 Å². The van der Waals surface area contributed by atoms with E-state index in [1.165, 1.54) is 12.1 Å². The maximum Gasteiger partial charge on any atom is 0.462 e. The summed E-state index contributed by atoms with van der Waals surface area (Å²) >= 11 is 0. The van der Waals surface area contributed by atoms with Crippen molar-refractivity contribution in [2.45, 2.75) is 32.0 Å². The lowest BCUT2D eigenvalue weighted by atomic mass is 10.3. The molecule has 1 N–H and O–H groups in total. The summed E-state index contributed by atoms with van der Waals surface area (Å²) in [5.41, 5.74) is 0.513. The van der Waals surface area contributed by atoms with Gasteiger partial charge in [0.1, 0.15) is 5.76 Å². The minimum atomic E-state index is -6.42. The zero-order valence-electron chi connectivity index (χ0n) is 12.1. The lowest BCUT2D eigenvalue weighted by Gasteiger charge is -2.27. The van der Waals surface area contributed by atoms with Crippen LogP contribution in [0.4, 0.5) is 36.6 Å². The first-order chi connectivity index (χ1) is 10.5. The van der Waals surface area contributed by atoms with Gasteiger partial charge in [-0.1, -0.05) is 0 Å². The highest BCUT2D eigenvalue weighted by molar-refractivity contribution is 5.76. The molecule has 0 aliphatic heterocycles. The van der Waals surface area contributed by atoms with Gasteiger partial charge in [-0.2, -0.15) is 35.8 Å². The lowest BCUT2D eigenvalue weighted by Crippen LogP contribution is -2.58. The van der Waals surface area contributed by atoms with Crippen molar-refractivity contribution in [2.24, 2.45) is 5.10 Å². The van der Waals surface area contributed by atoms with Gasteiger partial charge in [-0.25, -0.2) is 5.43 Å². The second kappa shape index (κ2) is 6.67. The van der Waals surface area contributed by atoms with Crippen LogP contribution < -0.4 is 10.3 Å². The van der Waals surface area contributed by atoms with Gasteiger partial charge in [0.15, 0.2) is 5.88 Å². The quantitative estimate of drug-likeness (QED) is 0.352. The van der Waals surface area contributed by atoms with Crippen molar-refractivity contribution >= 4 is 12.1 Å². The Labute approximate surface area is 126 Å². The molecule has 23 heavy (non-hydrogen) atoms. The number of alkyl halides is 7.